The van der Waals surface area contributed by atoms with Crippen molar-refractivity contribution in [3.8, 4) is 17.2 Å². The zero-order valence-corrected chi connectivity index (χ0v) is 9.96. The van der Waals surface area contributed by atoms with Crippen molar-refractivity contribution in [3.05, 3.63) is 17.2 Å². The van der Waals surface area contributed by atoms with Gasteiger partial charge in [0.2, 0.25) is 0 Å². The lowest BCUT2D eigenvalue weighted by Crippen LogP contribution is -2.11. The standard InChI is InChI=1S/C12H15ClO3/c1-15-11-7-8(14)6-10(13)12(11)16-9-4-2-3-5-9/h6-7,9,14H,2-5H2,1H3. The number of halogens is 1. The Bertz CT molecular complexity index is 373. The minimum Gasteiger partial charge on any atom is -0.508 e. The van der Waals surface area contributed by atoms with Crippen LogP contribution >= 0.6 is 11.6 Å². The smallest absolute Gasteiger partial charge is 0.180 e. The van der Waals surface area contributed by atoms with E-state index in [1.54, 1.807) is 0 Å². The summed E-state index contributed by atoms with van der Waals surface area (Å²) in [7, 11) is 1.53. The molecule has 1 aliphatic carbocycles. The van der Waals surface area contributed by atoms with Gasteiger partial charge in [-0.05, 0) is 25.7 Å². The van der Waals surface area contributed by atoms with Gasteiger partial charge in [0, 0.05) is 12.1 Å². The number of phenols is 1. The fraction of sp³-hybridized carbons (Fsp3) is 0.500. The predicted molar refractivity (Wildman–Crippen MR) is 62.6 cm³/mol. The van der Waals surface area contributed by atoms with Crippen LogP contribution in [0, 0.1) is 0 Å². The van der Waals surface area contributed by atoms with Gasteiger partial charge < -0.3 is 14.6 Å². The zero-order chi connectivity index (χ0) is 11.5. The first-order chi connectivity index (χ1) is 7.70. The fourth-order valence-corrected chi connectivity index (χ4v) is 2.24. The number of methoxy groups -OCH3 is 1. The van der Waals surface area contributed by atoms with Gasteiger partial charge in [-0.2, -0.15) is 0 Å². The molecule has 0 radical (unpaired) electrons. The molecule has 1 aliphatic rings. The molecule has 2 rings (SSSR count). The van der Waals surface area contributed by atoms with Crippen LogP contribution in [0.15, 0.2) is 12.1 Å². The molecule has 1 aromatic carbocycles. The molecule has 0 bridgehead atoms. The van der Waals surface area contributed by atoms with Gasteiger partial charge in [0.1, 0.15) is 5.75 Å². The number of ether oxygens (including phenoxy) is 2. The summed E-state index contributed by atoms with van der Waals surface area (Å²) >= 11 is 6.03. The van der Waals surface area contributed by atoms with E-state index in [4.69, 9.17) is 21.1 Å². The molecule has 1 N–H and O–H groups in total. The second kappa shape index (κ2) is 4.83. The molecule has 1 fully saturated rings. The first-order valence-electron chi connectivity index (χ1n) is 5.44. The summed E-state index contributed by atoms with van der Waals surface area (Å²) in [6.07, 6.45) is 4.72. The molecular weight excluding hydrogens is 228 g/mol. The maximum absolute atomic E-state index is 9.39. The third-order valence-corrected chi connectivity index (χ3v) is 3.08. The first kappa shape index (κ1) is 11.4. The Hall–Kier alpha value is -1.09. The van der Waals surface area contributed by atoms with E-state index in [2.05, 4.69) is 0 Å². The van der Waals surface area contributed by atoms with Crippen LogP contribution < -0.4 is 9.47 Å². The SMILES string of the molecule is COc1cc(O)cc(Cl)c1OC1CCCC1. The first-order valence-corrected chi connectivity index (χ1v) is 5.81. The summed E-state index contributed by atoms with van der Waals surface area (Å²) in [6.45, 7) is 0. The van der Waals surface area contributed by atoms with Crippen LogP contribution in [0.4, 0.5) is 0 Å². The summed E-state index contributed by atoms with van der Waals surface area (Å²) in [5.41, 5.74) is 0. The Labute approximate surface area is 99.9 Å². The predicted octanol–water partition coefficient (Wildman–Crippen LogP) is 3.38. The Balaban J connectivity index is 2.23. The van der Waals surface area contributed by atoms with Gasteiger partial charge >= 0.3 is 0 Å². The van der Waals surface area contributed by atoms with Crippen molar-refractivity contribution in [2.24, 2.45) is 0 Å². The van der Waals surface area contributed by atoms with Crippen LogP contribution in [0.5, 0.6) is 17.2 Å². The van der Waals surface area contributed by atoms with E-state index in [1.807, 2.05) is 0 Å². The van der Waals surface area contributed by atoms with Gasteiger partial charge in [-0.1, -0.05) is 11.6 Å². The highest BCUT2D eigenvalue weighted by molar-refractivity contribution is 6.32. The van der Waals surface area contributed by atoms with Crippen LogP contribution in [0.1, 0.15) is 25.7 Å². The van der Waals surface area contributed by atoms with E-state index in [1.165, 1.54) is 32.1 Å². The van der Waals surface area contributed by atoms with Crippen LogP contribution in [0.25, 0.3) is 0 Å². The highest BCUT2D eigenvalue weighted by atomic mass is 35.5. The maximum Gasteiger partial charge on any atom is 0.180 e. The molecule has 1 saturated carbocycles. The minimum absolute atomic E-state index is 0.0839. The molecule has 0 unspecified atom stereocenters. The number of phenolic OH excluding ortho intramolecular Hbond substituents is 1. The number of rotatable bonds is 3. The van der Waals surface area contributed by atoms with Crippen molar-refractivity contribution in [1.82, 2.24) is 0 Å². The number of hydrogen-bond donors (Lipinski definition) is 1. The average molecular weight is 243 g/mol. The van der Waals surface area contributed by atoms with Crippen molar-refractivity contribution in [1.29, 1.82) is 0 Å². The lowest BCUT2D eigenvalue weighted by Gasteiger charge is -2.17. The summed E-state index contributed by atoms with van der Waals surface area (Å²) in [5.74, 6) is 1.10. The largest absolute Gasteiger partial charge is 0.508 e. The van der Waals surface area contributed by atoms with Crippen LogP contribution in [-0.2, 0) is 0 Å². The Morgan fingerprint density at radius 1 is 1.31 bits per heavy atom. The van der Waals surface area contributed by atoms with E-state index in [-0.39, 0.29) is 11.9 Å². The molecule has 3 nitrogen and oxygen atoms in total. The second-order valence-electron chi connectivity index (χ2n) is 3.98. The highest BCUT2D eigenvalue weighted by Crippen LogP contribution is 2.40. The van der Waals surface area contributed by atoms with Crippen LogP contribution in [-0.4, -0.2) is 18.3 Å². The molecule has 0 aliphatic heterocycles. The summed E-state index contributed by atoms with van der Waals surface area (Å²) < 4.78 is 11.0. The number of hydrogen-bond acceptors (Lipinski definition) is 3. The second-order valence-corrected chi connectivity index (χ2v) is 4.39. The average Bonchev–Trinajstić information content (AvgIpc) is 2.74. The monoisotopic (exact) mass is 242 g/mol. The lowest BCUT2D eigenvalue weighted by atomic mass is 10.2. The zero-order valence-electron chi connectivity index (χ0n) is 9.20. The maximum atomic E-state index is 9.39. The van der Waals surface area contributed by atoms with Crippen molar-refractivity contribution in [3.63, 3.8) is 0 Å². The highest BCUT2D eigenvalue weighted by Gasteiger charge is 2.20. The summed E-state index contributed by atoms with van der Waals surface area (Å²) in [6, 6.07) is 2.98. The number of benzene rings is 1. The van der Waals surface area contributed by atoms with Crippen molar-refractivity contribution in [2.75, 3.05) is 7.11 Å². The van der Waals surface area contributed by atoms with E-state index >= 15 is 0 Å². The molecule has 1 aromatic rings. The van der Waals surface area contributed by atoms with E-state index in [0.29, 0.717) is 16.5 Å². The van der Waals surface area contributed by atoms with Gasteiger partial charge in [0.05, 0.1) is 18.2 Å². The molecule has 0 amide bonds. The van der Waals surface area contributed by atoms with Crippen LogP contribution in [0.2, 0.25) is 5.02 Å². The molecule has 4 heteroatoms. The van der Waals surface area contributed by atoms with Gasteiger partial charge in [0.15, 0.2) is 11.5 Å². The molecular formula is C12H15ClO3. The van der Waals surface area contributed by atoms with E-state index in [9.17, 15) is 5.11 Å². The van der Waals surface area contributed by atoms with Crippen LogP contribution in [0.3, 0.4) is 0 Å². The quantitative estimate of drug-likeness (QED) is 0.883. The molecule has 0 spiro atoms. The van der Waals surface area contributed by atoms with Gasteiger partial charge in [-0.15, -0.1) is 0 Å². The molecule has 16 heavy (non-hydrogen) atoms. The van der Waals surface area contributed by atoms with Crippen molar-refractivity contribution in [2.45, 2.75) is 31.8 Å². The van der Waals surface area contributed by atoms with Crippen molar-refractivity contribution >= 4 is 11.6 Å². The van der Waals surface area contributed by atoms with Gasteiger partial charge in [-0.25, -0.2) is 0 Å². The minimum atomic E-state index is 0.0839. The Kier molecular flexibility index (Phi) is 3.44. The molecule has 0 heterocycles. The van der Waals surface area contributed by atoms with E-state index < -0.39 is 0 Å². The third-order valence-electron chi connectivity index (χ3n) is 2.80. The Morgan fingerprint density at radius 2 is 2.00 bits per heavy atom. The van der Waals surface area contributed by atoms with Gasteiger partial charge in [0.25, 0.3) is 0 Å². The van der Waals surface area contributed by atoms with Gasteiger partial charge in [-0.3, -0.25) is 0 Å². The fourth-order valence-electron chi connectivity index (χ4n) is 1.99. The normalized spacial score (nSPS) is 16.4. The summed E-state index contributed by atoms with van der Waals surface area (Å²) in [4.78, 5) is 0. The molecule has 88 valence electrons. The van der Waals surface area contributed by atoms with Crippen molar-refractivity contribution < 1.29 is 14.6 Å². The third kappa shape index (κ3) is 2.35. The molecule has 0 aromatic heterocycles. The topological polar surface area (TPSA) is 38.7 Å². The molecule has 0 atom stereocenters. The summed E-state index contributed by atoms with van der Waals surface area (Å²) in [5, 5.41) is 9.78. The Morgan fingerprint density at radius 3 is 2.62 bits per heavy atom. The van der Waals surface area contributed by atoms with E-state index in [0.717, 1.165) is 12.8 Å². The molecule has 0 saturated heterocycles. The lowest BCUT2D eigenvalue weighted by molar-refractivity contribution is 0.200. The number of aromatic hydroxyl groups is 1.